The minimum atomic E-state index is -0.0902. The summed E-state index contributed by atoms with van der Waals surface area (Å²) in [6.45, 7) is 1.01. The molecule has 1 nitrogen and oxygen atoms in total. The first-order chi connectivity index (χ1) is 5.77. The quantitative estimate of drug-likeness (QED) is 0.777. The van der Waals surface area contributed by atoms with Crippen molar-refractivity contribution in [1.29, 1.82) is 0 Å². The van der Waals surface area contributed by atoms with Gasteiger partial charge >= 0.3 is 0 Å². The number of benzene rings is 1. The molecule has 1 saturated heterocycles. The number of rotatable bonds is 1. The van der Waals surface area contributed by atoms with Crippen LogP contribution in [0, 0.1) is 9.39 Å². The fourth-order valence-electron chi connectivity index (χ4n) is 1.34. The van der Waals surface area contributed by atoms with Crippen LogP contribution in [-0.4, -0.2) is 6.54 Å². The van der Waals surface area contributed by atoms with E-state index in [4.69, 9.17) is 0 Å². The highest BCUT2D eigenvalue weighted by molar-refractivity contribution is 14.1. The second kappa shape index (κ2) is 3.30. The van der Waals surface area contributed by atoms with Gasteiger partial charge in [-0.1, -0.05) is 0 Å². The van der Waals surface area contributed by atoms with Gasteiger partial charge in [-0.2, -0.15) is 0 Å². The summed E-state index contributed by atoms with van der Waals surface area (Å²) < 4.78 is 14.3. The van der Waals surface area contributed by atoms with E-state index in [1.807, 2.05) is 6.07 Å². The topological polar surface area (TPSA) is 12.0 Å². The molecular weight excluding hydrogens is 268 g/mol. The molecule has 0 unspecified atom stereocenters. The lowest BCUT2D eigenvalue weighted by molar-refractivity contribution is 0.370. The van der Waals surface area contributed by atoms with Gasteiger partial charge in [0.1, 0.15) is 5.82 Å². The molecule has 1 aromatic carbocycles. The molecule has 0 aliphatic carbocycles. The maximum Gasteiger partial charge on any atom is 0.128 e. The van der Waals surface area contributed by atoms with Crippen molar-refractivity contribution < 1.29 is 4.39 Å². The molecule has 0 aromatic heterocycles. The average Bonchev–Trinajstić information content (AvgIpc) is 1.93. The zero-order chi connectivity index (χ0) is 8.55. The van der Waals surface area contributed by atoms with Gasteiger partial charge in [0, 0.05) is 15.2 Å². The largest absolute Gasteiger partial charge is 0.310 e. The molecular formula is C9H9FIN. The molecule has 1 atom stereocenters. The summed E-state index contributed by atoms with van der Waals surface area (Å²) in [5, 5.41) is 3.19. The lowest BCUT2D eigenvalue weighted by atomic mass is 9.98. The van der Waals surface area contributed by atoms with Crippen molar-refractivity contribution in [2.75, 3.05) is 6.54 Å². The Morgan fingerprint density at radius 3 is 2.83 bits per heavy atom. The first-order valence-corrected chi connectivity index (χ1v) is 5.03. The summed E-state index contributed by atoms with van der Waals surface area (Å²) in [6, 6.07) is 5.49. The Bertz CT molecular complexity index is 297. The van der Waals surface area contributed by atoms with E-state index in [0.29, 0.717) is 0 Å². The van der Waals surface area contributed by atoms with Gasteiger partial charge in [-0.25, -0.2) is 4.39 Å². The Balaban J connectivity index is 2.34. The van der Waals surface area contributed by atoms with Crippen molar-refractivity contribution >= 4 is 22.6 Å². The van der Waals surface area contributed by atoms with Crippen molar-refractivity contribution in [3.05, 3.63) is 33.1 Å². The minimum Gasteiger partial charge on any atom is -0.310 e. The molecule has 0 radical (unpaired) electrons. The summed E-state index contributed by atoms with van der Waals surface area (Å²) in [6.07, 6.45) is 1.05. The van der Waals surface area contributed by atoms with Crippen LogP contribution in [0.1, 0.15) is 18.0 Å². The van der Waals surface area contributed by atoms with Crippen LogP contribution in [0.4, 0.5) is 4.39 Å². The van der Waals surface area contributed by atoms with Gasteiger partial charge in [0.15, 0.2) is 0 Å². The predicted octanol–water partition coefficient (Wildman–Crippen LogP) is 2.46. The second-order valence-electron chi connectivity index (χ2n) is 2.96. The molecule has 3 heteroatoms. The summed E-state index contributed by atoms with van der Waals surface area (Å²) in [7, 11) is 0. The van der Waals surface area contributed by atoms with E-state index in [1.165, 1.54) is 6.07 Å². The lowest BCUT2D eigenvalue weighted by Crippen LogP contribution is -2.35. The van der Waals surface area contributed by atoms with E-state index < -0.39 is 0 Å². The number of halogens is 2. The molecule has 0 saturated carbocycles. The molecule has 1 aliphatic heterocycles. The Hall–Kier alpha value is -0.160. The molecule has 12 heavy (non-hydrogen) atoms. The van der Waals surface area contributed by atoms with Crippen molar-refractivity contribution in [2.45, 2.75) is 12.5 Å². The van der Waals surface area contributed by atoms with Gasteiger partial charge in [0.25, 0.3) is 0 Å². The number of nitrogens with one attached hydrogen (secondary N) is 1. The fraction of sp³-hybridized carbons (Fsp3) is 0.333. The van der Waals surface area contributed by atoms with Crippen molar-refractivity contribution in [3.8, 4) is 0 Å². The van der Waals surface area contributed by atoms with Crippen LogP contribution >= 0.6 is 22.6 Å². The van der Waals surface area contributed by atoms with E-state index in [2.05, 4.69) is 27.9 Å². The molecule has 0 amide bonds. The third-order valence-electron chi connectivity index (χ3n) is 2.16. The van der Waals surface area contributed by atoms with Crippen LogP contribution in [0.3, 0.4) is 0 Å². The zero-order valence-corrected chi connectivity index (χ0v) is 8.64. The Morgan fingerprint density at radius 2 is 2.25 bits per heavy atom. The highest BCUT2D eigenvalue weighted by Gasteiger charge is 2.21. The van der Waals surface area contributed by atoms with Crippen LogP contribution in [0.5, 0.6) is 0 Å². The zero-order valence-electron chi connectivity index (χ0n) is 6.48. The minimum absolute atomic E-state index is 0.0902. The molecule has 64 valence electrons. The van der Waals surface area contributed by atoms with E-state index in [9.17, 15) is 4.39 Å². The molecule has 1 fully saturated rings. The third kappa shape index (κ3) is 1.47. The summed E-state index contributed by atoms with van der Waals surface area (Å²) >= 11 is 2.20. The number of hydrogen-bond acceptors (Lipinski definition) is 1. The molecule has 1 aromatic rings. The lowest BCUT2D eigenvalue weighted by Gasteiger charge is -2.28. The molecule has 1 N–H and O–H groups in total. The van der Waals surface area contributed by atoms with Crippen LogP contribution in [-0.2, 0) is 0 Å². The molecule has 0 bridgehead atoms. The van der Waals surface area contributed by atoms with Crippen LogP contribution in [0.2, 0.25) is 0 Å². The first kappa shape index (κ1) is 8.44. The van der Waals surface area contributed by atoms with Crippen molar-refractivity contribution in [1.82, 2.24) is 5.32 Å². The Kier molecular flexibility index (Phi) is 2.32. The predicted molar refractivity (Wildman–Crippen MR) is 54.5 cm³/mol. The Morgan fingerprint density at radius 1 is 1.50 bits per heavy atom. The van der Waals surface area contributed by atoms with Crippen molar-refractivity contribution in [2.24, 2.45) is 0 Å². The maximum atomic E-state index is 13.2. The van der Waals surface area contributed by atoms with Gasteiger partial charge in [-0.3, -0.25) is 0 Å². The molecule has 0 spiro atoms. The van der Waals surface area contributed by atoms with Gasteiger partial charge in [0.05, 0.1) is 0 Å². The van der Waals surface area contributed by atoms with E-state index in [1.54, 1.807) is 6.07 Å². The standard InChI is InChI=1S/C9H9FIN/c10-8-2-1-6(11)5-7(8)9-3-4-12-9/h1-2,5,9,12H,3-4H2/t9-/m0/s1. The second-order valence-corrected chi connectivity index (χ2v) is 4.21. The van der Waals surface area contributed by atoms with Crippen LogP contribution in [0.25, 0.3) is 0 Å². The molecule has 1 heterocycles. The first-order valence-electron chi connectivity index (χ1n) is 3.96. The highest BCUT2D eigenvalue weighted by atomic mass is 127. The van der Waals surface area contributed by atoms with E-state index in [-0.39, 0.29) is 11.9 Å². The van der Waals surface area contributed by atoms with Gasteiger partial charge < -0.3 is 5.32 Å². The van der Waals surface area contributed by atoms with Crippen LogP contribution in [0.15, 0.2) is 18.2 Å². The number of hydrogen-bond donors (Lipinski definition) is 1. The van der Waals surface area contributed by atoms with Gasteiger partial charge in [0.2, 0.25) is 0 Å². The fourth-order valence-corrected chi connectivity index (χ4v) is 1.85. The van der Waals surface area contributed by atoms with E-state index >= 15 is 0 Å². The SMILES string of the molecule is Fc1ccc(I)cc1[C@@H]1CCN1. The summed E-state index contributed by atoms with van der Waals surface area (Å²) in [4.78, 5) is 0. The summed E-state index contributed by atoms with van der Waals surface area (Å²) in [5.41, 5.74) is 0.813. The highest BCUT2D eigenvalue weighted by Crippen LogP contribution is 2.26. The third-order valence-corrected chi connectivity index (χ3v) is 2.83. The normalized spacial score (nSPS) is 22.0. The van der Waals surface area contributed by atoms with Crippen molar-refractivity contribution in [3.63, 3.8) is 0 Å². The summed E-state index contributed by atoms with van der Waals surface area (Å²) in [5.74, 6) is -0.0902. The average molecular weight is 277 g/mol. The van der Waals surface area contributed by atoms with Crippen LogP contribution < -0.4 is 5.32 Å². The van der Waals surface area contributed by atoms with Gasteiger partial charge in [-0.05, 0) is 53.8 Å². The smallest absolute Gasteiger partial charge is 0.128 e. The van der Waals surface area contributed by atoms with Gasteiger partial charge in [-0.15, -0.1) is 0 Å². The maximum absolute atomic E-state index is 13.2. The monoisotopic (exact) mass is 277 g/mol. The van der Waals surface area contributed by atoms with E-state index in [0.717, 1.165) is 22.1 Å². The molecule has 2 rings (SSSR count). The Labute approximate surface area is 84.5 Å². The molecule has 1 aliphatic rings.